The Labute approximate surface area is 256 Å². The highest BCUT2D eigenvalue weighted by molar-refractivity contribution is 6.42. The van der Waals surface area contributed by atoms with Gasteiger partial charge in [-0.05, 0) is 68.1 Å². The van der Waals surface area contributed by atoms with E-state index in [1.165, 1.54) is 0 Å². The normalized spacial score (nSPS) is 17.5. The van der Waals surface area contributed by atoms with Crippen LogP contribution in [0.5, 0.6) is 11.5 Å². The number of nitrogens with zero attached hydrogens (tertiary/aromatic N) is 2. The lowest BCUT2D eigenvalue weighted by atomic mass is 9.99. The molecule has 11 heteroatoms. The number of anilines is 2. The fourth-order valence-corrected chi connectivity index (χ4v) is 5.16. The minimum atomic E-state index is -0.492. The van der Waals surface area contributed by atoms with Gasteiger partial charge in [0.25, 0.3) is 5.91 Å². The van der Waals surface area contributed by atoms with E-state index in [2.05, 4.69) is 15.5 Å². The first-order chi connectivity index (χ1) is 20.1. The van der Waals surface area contributed by atoms with Crippen LogP contribution < -0.4 is 20.1 Å². The topological polar surface area (TPSA) is 103 Å². The monoisotopic (exact) mass is 614 g/mol. The lowest BCUT2D eigenvalue weighted by Gasteiger charge is -2.38. The van der Waals surface area contributed by atoms with Crippen LogP contribution in [0.3, 0.4) is 0 Å². The Bertz CT molecular complexity index is 1400. The summed E-state index contributed by atoms with van der Waals surface area (Å²) in [7, 11) is 3.55. The van der Waals surface area contributed by atoms with Gasteiger partial charge in [-0.15, -0.1) is 0 Å². The molecular weight excluding hydrogens is 579 g/mol. The molecule has 0 bridgehead atoms. The van der Waals surface area contributed by atoms with Crippen molar-refractivity contribution >= 4 is 46.5 Å². The fourth-order valence-electron chi connectivity index (χ4n) is 4.84. The lowest BCUT2D eigenvalue weighted by Crippen LogP contribution is -2.49. The third-order valence-corrected chi connectivity index (χ3v) is 7.95. The molecule has 224 valence electrons. The summed E-state index contributed by atoms with van der Waals surface area (Å²) in [6, 6.07) is 16.6. The van der Waals surface area contributed by atoms with Gasteiger partial charge in [0.1, 0.15) is 11.9 Å². The van der Waals surface area contributed by atoms with Gasteiger partial charge in [0.15, 0.2) is 5.75 Å². The van der Waals surface area contributed by atoms with Crippen LogP contribution in [0.2, 0.25) is 10.0 Å². The summed E-state index contributed by atoms with van der Waals surface area (Å²) < 4.78 is 11.8. The van der Waals surface area contributed by atoms with Crippen LogP contribution >= 0.6 is 23.2 Å². The number of benzene rings is 3. The van der Waals surface area contributed by atoms with E-state index in [0.717, 1.165) is 5.56 Å². The quantitative estimate of drug-likeness (QED) is 0.273. The molecule has 0 saturated heterocycles. The number of amides is 3. The standard InChI is InChI=1S/C31H36Cl2N4O5/c1-19-15-37(20(2)18-38)30(39)24-6-5-7-27(35-31(40)34-22-9-11-23(41-4)12-10-22)29(24)42-28(19)17-36(3)16-21-8-13-25(32)26(33)14-21/h5-14,19-20,28,38H,15-18H2,1-4H3,(H2,34,35,40)/t19-,20-,28-/m1/s1. The van der Waals surface area contributed by atoms with Crippen molar-refractivity contribution in [2.24, 2.45) is 5.92 Å². The fraction of sp³-hybridized carbons (Fsp3) is 0.355. The summed E-state index contributed by atoms with van der Waals surface area (Å²) in [6.07, 6.45) is -0.356. The molecule has 0 spiro atoms. The first kappa shape index (κ1) is 31.4. The summed E-state index contributed by atoms with van der Waals surface area (Å²) in [4.78, 5) is 30.5. The highest BCUT2D eigenvalue weighted by atomic mass is 35.5. The van der Waals surface area contributed by atoms with E-state index in [0.29, 0.717) is 52.4 Å². The molecule has 4 rings (SSSR count). The zero-order valence-corrected chi connectivity index (χ0v) is 25.6. The molecule has 9 nitrogen and oxygen atoms in total. The first-order valence-corrected chi connectivity index (χ1v) is 14.4. The predicted octanol–water partition coefficient (Wildman–Crippen LogP) is 6.00. The number of urea groups is 1. The maximum atomic E-state index is 13.7. The number of hydrogen-bond donors (Lipinski definition) is 3. The van der Waals surface area contributed by atoms with E-state index in [4.69, 9.17) is 32.7 Å². The van der Waals surface area contributed by atoms with Crippen molar-refractivity contribution in [2.75, 3.05) is 44.5 Å². The predicted molar refractivity (Wildman–Crippen MR) is 166 cm³/mol. The van der Waals surface area contributed by atoms with E-state index in [-0.39, 0.29) is 30.3 Å². The molecule has 0 fully saturated rings. The molecule has 0 radical (unpaired) electrons. The summed E-state index contributed by atoms with van der Waals surface area (Å²) in [6.45, 7) is 5.14. The summed E-state index contributed by atoms with van der Waals surface area (Å²) in [5.74, 6) is 0.569. The number of fused-ring (bicyclic) bond motifs is 1. The van der Waals surface area contributed by atoms with Crippen LogP contribution in [0.25, 0.3) is 0 Å². The highest BCUT2D eigenvalue weighted by Gasteiger charge is 2.34. The average Bonchev–Trinajstić information content (AvgIpc) is 2.97. The summed E-state index contributed by atoms with van der Waals surface area (Å²) in [5.41, 5.74) is 2.23. The molecule has 3 atom stereocenters. The number of methoxy groups -OCH3 is 1. The molecule has 0 aliphatic carbocycles. The van der Waals surface area contributed by atoms with Crippen molar-refractivity contribution in [3.63, 3.8) is 0 Å². The number of carbonyl (C=O) groups excluding carboxylic acids is 2. The number of aliphatic hydroxyl groups excluding tert-OH is 1. The third-order valence-electron chi connectivity index (χ3n) is 7.22. The van der Waals surface area contributed by atoms with Crippen LogP contribution in [-0.2, 0) is 6.54 Å². The maximum Gasteiger partial charge on any atom is 0.323 e. The van der Waals surface area contributed by atoms with Gasteiger partial charge in [-0.1, -0.05) is 42.3 Å². The molecule has 0 aromatic heterocycles. The molecule has 1 aliphatic heterocycles. The van der Waals surface area contributed by atoms with E-state index in [1.54, 1.807) is 60.5 Å². The number of rotatable bonds is 9. The van der Waals surface area contributed by atoms with E-state index in [1.807, 2.05) is 33.0 Å². The van der Waals surface area contributed by atoms with Gasteiger partial charge in [-0.25, -0.2) is 4.79 Å². The Hall–Kier alpha value is -3.50. The van der Waals surface area contributed by atoms with Crippen LogP contribution in [0.15, 0.2) is 60.7 Å². The number of para-hydroxylation sites is 1. The van der Waals surface area contributed by atoms with Gasteiger partial charge in [-0.2, -0.15) is 0 Å². The smallest absolute Gasteiger partial charge is 0.323 e. The van der Waals surface area contributed by atoms with Gasteiger partial charge < -0.3 is 30.1 Å². The van der Waals surface area contributed by atoms with Crippen LogP contribution in [-0.4, -0.2) is 72.8 Å². The van der Waals surface area contributed by atoms with Crippen molar-refractivity contribution in [3.8, 4) is 11.5 Å². The Kier molecular flexibility index (Phi) is 10.6. The molecular formula is C31H36Cl2N4O5. The third kappa shape index (κ3) is 7.66. The lowest BCUT2D eigenvalue weighted by molar-refractivity contribution is 0.0343. The van der Waals surface area contributed by atoms with Crippen molar-refractivity contribution in [1.29, 1.82) is 0 Å². The van der Waals surface area contributed by atoms with E-state index in [9.17, 15) is 14.7 Å². The van der Waals surface area contributed by atoms with Crippen LogP contribution in [0.1, 0.15) is 29.8 Å². The van der Waals surface area contributed by atoms with Gasteiger partial charge >= 0.3 is 6.03 Å². The minimum absolute atomic E-state index is 0.103. The largest absolute Gasteiger partial charge is 0.497 e. The number of halogens is 2. The number of carbonyl (C=O) groups is 2. The summed E-state index contributed by atoms with van der Waals surface area (Å²) >= 11 is 12.3. The maximum absolute atomic E-state index is 13.7. The zero-order chi connectivity index (χ0) is 30.4. The number of aliphatic hydroxyl groups is 1. The number of nitrogens with one attached hydrogen (secondary N) is 2. The second kappa shape index (κ2) is 14.1. The van der Waals surface area contributed by atoms with Crippen LogP contribution in [0.4, 0.5) is 16.2 Å². The molecule has 0 saturated carbocycles. The molecule has 3 N–H and O–H groups in total. The molecule has 0 unspecified atom stereocenters. The SMILES string of the molecule is COc1ccc(NC(=O)Nc2cccc3c2O[C@H](CN(C)Cc2ccc(Cl)c(Cl)c2)[C@H](C)CN([C@H](C)CO)C3=O)cc1. The van der Waals surface area contributed by atoms with E-state index < -0.39 is 12.1 Å². The average molecular weight is 616 g/mol. The Balaban J connectivity index is 1.61. The van der Waals surface area contributed by atoms with Gasteiger partial charge in [0.05, 0.1) is 41.1 Å². The molecule has 3 aromatic rings. The molecule has 3 amide bonds. The Morgan fingerprint density at radius 2 is 1.88 bits per heavy atom. The second-order valence-electron chi connectivity index (χ2n) is 10.6. The number of likely N-dealkylation sites (N-methyl/N-ethyl adjacent to an activating group) is 1. The second-order valence-corrected chi connectivity index (χ2v) is 11.4. The van der Waals surface area contributed by atoms with Crippen molar-refractivity contribution in [2.45, 2.75) is 32.5 Å². The molecule has 1 aliphatic rings. The van der Waals surface area contributed by atoms with E-state index >= 15 is 0 Å². The highest BCUT2D eigenvalue weighted by Crippen LogP contribution is 2.35. The Morgan fingerprint density at radius 1 is 1.14 bits per heavy atom. The molecule has 42 heavy (non-hydrogen) atoms. The number of ether oxygens (including phenoxy) is 2. The minimum Gasteiger partial charge on any atom is -0.497 e. The van der Waals surface area contributed by atoms with Gasteiger partial charge in [-0.3, -0.25) is 9.69 Å². The van der Waals surface area contributed by atoms with Gasteiger partial charge in [0, 0.05) is 31.2 Å². The van der Waals surface area contributed by atoms with Crippen molar-refractivity contribution in [3.05, 3.63) is 81.8 Å². The summed E-state index contributed by atoms with van der Waals surface area (Å²) in [5, 5.41) is 16.6. The van der Waals surface area contributed by atoms with Crippen LogP contribution in [0, 0.1) is 5.92 Å². The molecule has 3 aromatic carbocycles. The zero-order valence-electron chi connectivity index (χ0n) is 24.1. The van der Waals surface area contributed by atoms with Crippen molar-refractivity contribution < 1.29 is 24.2 Å². The Morgan fingerprint density at radius 3 is 2.55 bits per heavy atom. The van der Waals surface area contributed by atoms with Crippen molar-refractivity contribution in [1.82, 2.24) is 9.80 Å². The number of hydrogen-bond acceptors (Lipinski definition) is 6. The molecule has 1 heterocycles. The first-order valence-electron chi connectivity index (χ1n) is 13.7. The van der Waals surface area contributed by atoms with Gasteiger partial charge in [0.2, 0.25) is 0 Å².